The van der Waals surface area contributed by atoms with E-state index in [-0.39, 0.29) is 17.9 Å². The van der Waals surface area contributed by atoms with Crippen LogP contribution in [0.15, 0.2) is 66.2 Å². The number of rotatable bonds is 9. The van der Waals surface area contributed by atoms with Crippen LogP contribution < -0.4 is 14.8 Å². The molecule has 9 heteroatoms. The summed E-state index contributed by atoms with van der Waals surface area (Å²) in [6.07, 6.45) is 1.50. The van der Waals surface area contributed by atoms with Gasteiger partial charge in [0.05, 0.1) is 15.1 Å². The van der Waals surface area contributed by atoms with E-state index >= 15 is 0 Å². The Morgan fingerprint density at radius 3 is 2.51 bits per heavy atom. The molecule has 3 aromatic rings. The van der Waals surface area contributed by atoms with Crippen molar-refractivity contribution < 1.29 is 19.2 Å². The Hall–Kier alpha value is -3.91. The van der Waals surface area contributed by atoms with Crippen molar-refractivity contribution in [2.75, 3.05) is 11.9 Å². The number of amides is 1. The first-order chi connectivity index (χ1) is 16.8. The number of carbonyl (C=O) groups excluding carboxylic acids is 1. The molecule has 1 amide bonds. The predicted molar refractivity (Wildman–Crippen MR) is 141 cm³/mol. The maximum absolute atomic E-state index is 12.7. The third kappa shape index (κ3) is 6.80. The molecule has 3 rings (SSSR count). The van der Waals surface area contributed by atoms with E-state index in [4.69, 9.17) is 9.47 Å². The molecule has 0 unspecified atom stereocenters. The van der Waals surface area contributed by atoms with E-state index < -0.39 is 10.8 Å². The van der Waals surface area contributed by atoms with Crippen molar-refractivity contribution in [1.82, 2.24) is 0 Å². The van der Waals surface area contributed by atoms with Gasteiger partial charge in [-0.2, -0.15) is 5.26 Å². The summed E-state index contributed by atoms with van der Waals surface area (Å²) in [6, 6.07) is 18.9. The maximum atomic E-state index is 12.7. The molecule has 0 aliphatic rings. The number of aryl methyl sites for hydroxylation is 1. The Morgan fingerprint density at radius 2 is 1.89 bits per heavy atom. The van der Waals surface area contributed by atoms with Gasteiger partial charge in [-0.1, -0.05) is 18.2 Å². The van der Waals surface area contributed by atoms with Gasteiger partial charge in [0.2, 0.25) is 0 Å². The first kappa shape index (κ1) is 25.7. The Balaban J connectivity index is 1.83. The number of nitrogens with zero attached hydrogens (tertiary/aromatic N) is 2. The minimum Gasteiger partial charge on any atom is -0.490 e. The van der Waals surface area contributed by atoms with Gasteiger partial charge in [0.25, 0.3) is 11.6 Å². The summed E-state index contributed by atoms with van der Waals surface area (Å²) in [6.45, 7) is 4.28. The van der Waals surface area contributed by atoms with Gasteiger partial charge in [0.15, 0.2) is 11.5 Å². The molecule has 0 spiro atoms. The SMILES string of the molecule is CCOc1cc(/C=C(/C#N)C(=O)Nc2ccccc2C)cc(I)c1OCc1ccc([N+](=O)[O-])cc1. The van der Waals surface area contributed by atoms with E-state index in [1.54, 1.807) is 30.3 Å². The Bertz CT molecular complexity index is 1310. The van der Waals surface area contributed by atoms with Crippen LogP contribution in [0, 0.1) is 31.9 Å². The summed E-state index contributed by atoms with van der Waals surface area (Å²) in [7, 11) is 0. The molecule has 1 N–H and O–H groups in total. The van der Waals surface area contributed by atoms with Gasteiger partial charge in [0, 0.05) is 17.8 Å². The van der Waals surface area contributed by atoms with E-state index in [0.717, 1.165) is 14.7 Å². The Kier molecular flexibility index (Phi) is 8.80. The van der Waals surface area contributed by atoms with Crippen molar-refractivity contribution in [2.45, 2.75) is 20.5 Å². The van der Waals surface area contributed by atoms with Crippen molar-refractivity contribution in [3.63, 3.8) is 0 Å². The average molecular weight is 583 g/mol. The normalized spacial score (nSPS) is 10.9. The van der Waals surface area contributed by atoms with Crippen LogP contribution in [-0.2, 0) is 11.4 Å². The van der Waals surface area contributed by atoms with Crippen LogP contribution in [0.2, 0.25) is 0 Å². The molecule has 0 atom stereocenters. The molecular weight excluding hydrogens is 561 g/mol. The van der Waals surface area contributed by atoms with E-state index in [1.165, 1.54) is 18.2 Å². The van der Waals surface area contributed by atoms with Crippen LogP contribution >= 0.6 is 22.6 Å². The number of para-hydroxylation sites is 1. The summed E-state index contributed by atoms with van der Waals surface area (Å²) in [5, 5.41) is 23.2. The molecule has 35 heavy (non-hydrogen) atoms. The molecule has 0 aliphatic heterocycles. The molecule has 0 radical (unpaired) electrons. The number of nitrogens with one attached hydrogen (secondary N) is 1. The fraction of sp³-hybridized carbons (Fsp3) is 0.154. The minimum absolute atomic E-state index is 0.00855. The van der Waals surface area contributed by atoms with Gasteiger partial charge < -0.3 is 14.8 Å². The minimum atomic E-state index is -0.506. The number of anilines is 1. The number of carbonyl (C=O) groups is 1. The number of non-ortho nitro benzene ring substituents is 1. The second-order valence-corrected chi connectivity index (χ2v) is 8.58. The number of nitriles is 1. The van der Waals surface area contributed by atoms with Gasteiger partial charge in [0.1, 0.15) is 18.2 Å². The van der Waals surface area contributed by atoms with E-state index in [0.29, 0.717) is 29.4 Å². The zero-order valence-corrected chi connectivity index (χ0v) is 21.2. The molecule has 0 aromatic heterocycles. The van der Waals surface area contributed by atoms with Crippen LogP contribution in [0.4, 0.5) is 11.4 Å². The van der Waals surface area contributed by atoms with Crippen LogP contribution in [0.5, 0.6) is 11.5 Å². The van der Waals surface area contributed by atoms with E-state index in [9.17, 15) is 20.2 Å². The zero-order valence-electron chi connectivity index (χ0n) is 19.1. The predicted octanol–water partition coefficient (Wildman–Crippen LogP) is 6.03. The number of hydrogen-bond donors (Lipinski definition) is 1. The molecule has 0 fully saturated rings. The van der Waals surface area contributed by atoms with Crippen LogP contribution in [-0.4, -0.2) is 17.4 Å². The van der Waals surface area contributed by atoms with Crippen molar-refractivity contribution in [3.8, 4) is 17.6 Å². The lowest BCUT2D eigenvalue weighted by molar-refractivity contribution is -0.384. The number of nitro benzene ring substituents is 1. The monoisotopic (exact) mass is 583 g/mol. The number of nitro groups is 1. The maximum Gasteiger partial charge on any atom is 0.269 e. The first-order valence-electron chi connectivity index (χ1n) is 10.6. The summed E-state index contributed by atoms with van der Waals surface area (Å²) in [5.41, 5.74) is 2.86. The third-order valence-corrected chi connectivity index (χ3v) is 5.73. The molecular formula is C26H22IN3O5. The van der Waals surface area contributed by atoms with Crippen LogP contribution in [0.25, 0.3) is 6.08 Å². The van der Waals surface area contributed by atoms with Gasteiger partial charge in [-0.3, -0.25) is 14.9 Å². The Labute approximate surface area is 216 Å². The first-order valence-corrected chi connectivity index (χ1v) is 11.7. The van der Waals surface area contributed by atoms with E-state index in [1.807, 2.05) is 38.1 Å². The summed E-state index contributed by atoms with van der Waals surface area (Å²) >= 11 is 2.10. The highest BCUT2D eigenvalue weighted by molar-refractivity contribution is 14.1. The summed E-state index contributed by atoms with van der Waals surface area (Å²) in [5.74, 6) is 0.461. The molecule has 0 aliphatic carbocycles. The topological polar surface area (TPSA) is 114 Å². The summed E-state index contributed by atoms with van der Waals surface area (Å²) < 4.78 is 12.4. The highest BCUT2D eigenvalue weighted by Crippen LogP contribution is 2.35. The highest BCUT2D eigenvalue weighted by Gasteiger charge is 2.15. The third-order valence-electron chi connectivity index (χ3n) is 4.93. The number of ether oxygens (including phenoxy) is 2. The molecule has 0 saturated heterocycles. The molecule has 8 nitrogen and oxygen atoms in total. The molecule has 3 aromatic carbocycles. The lowest BCUT2D eigenvalue weighted by atomic mass is 10.1. The van der Waals surface area contributed by atoms with Crippen LogP contribution in [0.3, 0.4) is 0 Å². The molecule has 178 valence electrons. The van der Waals surface area contributed by atoms with Crippen molar-refractivity contribution in [1.29, 1.82) is 5.26 Å². The fourth-order valence-corrected chi connectivity index (χ4v) is 3.94. The smallest absolute Gasteiger partial charge is 0.269 e. The lowest BCUT2D eigenvalue weighted by Gasteiger charge is -2.15. The number of halogens is 1. The highest BCUT2D eigenvalue weighted by atomic mass is 127. The van der Waals surface area contributed by atoms with Crippen molar-refractivity contribution in [3.05, 3.63) is 96.6 Å². The largest absolute Gasteiger partial charge is 0.490 e. The van der Waals surface area contributed by atoms with E-state index in [2.05, 4.69) is 27.9 Å². The fourth-order valence-electron chi connectivity index (χ4n) is 3.16. The van der Waals surface area contributed by atoms with Crippen LogP contribution in [0.1, 0.15) is 23.6 Å². The second-order valence-electron chi connectivity index (χ2n) is 7.41. The zero-order chi connectivity index (χ0) is 25.4. The quantitative estimate of drug-likeness (QED) is 0.108. The number of benzene rings is 3. The molecule has 0 saturated carbocycles. The lowest BCUT2D eigenvalue weighted by Crippen LogP contribution is -2.14. The van der Waals surface area contributed by atoms with Crippen molar-refractivity contribution >= 4 is 45.9 Å². The average Bonchev–Trinajstić information content (AvgIpc) is 2.83. The van der Waals surface area contributed by atoms with Gasteiger partial charge >= 0.3 is 0 Å². The van der Waals surface area contributed by atoms with Crippen molar-refractivity contribution in [2.24, 2.45) is 0 Å². The van der Waals surface area contributed by atoms with Gasteiger partial charge in [-0.25, -0.2) is 0 Å². The number of hydrogen-bond acceptors (Lipinski definition) is 6. The van der Waals surface area contributed by atoms with Gasteiger partial charge in [-0.15, -0.1) is 0 Å². The van der Waals surface area contributed by atoms with Gasteiger partial charge in [-0.05, 0) is 89.5 Å². The molecule has 0 bridgehead atoms. The molecule has 0 heterocycles. The second kappa shape index (κ2) is 12.0. The summed E-state index contributed by atoms with van der Waals surface area (Å²) in [4.78, 5) is 23.1. The standard InChI is InChI=1S/C26H22IN3O5/c1-3-34-24-14-19(12-20(15-28)26(31)29-23-7-5-4-6-17(23)2)13-22(27)25(24)35-16-18-8-10-21(11-9-18)30(32)33/h4-14H,3,16H2,1-2H3,(H,29,31)/b20-12-. The Morgan fingerprint density at radius 1 is 1.17 bits per heavy atom.